The Hall–Kier alpha value is -2.63. The fourth-order valence-electron chi connectivity index (χ4n) is 2.32. The average molecular weight is 300 g/mol. The molecule has 0 radical (unpaired) electrons. The molecule has 0 saturated carbocycles. The summed E-state index contributed by atoms with van der Waals surface area (Å²) in [5.41, 5.74) is 2.85. The van der Waals surface area contributed by atoms with Gasteiger partial charge in [-0.25, -0.2) is 4.98 Å². The van der Waals surface area contributed by atoms with Crippen LogP contribution in [0.2, 0.25) is 0 Å². The van der Waals surface area contributed by atoms with Crippen LogP contribution in [0.3, 0.4) is 0 Å². The van der Waals surface area contributed by atoms with E-state index in [4.69, 9.17) is 0 Å². The van der Waals surface area contributed by atoms with Crippen LogP contribution in [0.5, 0.6) is 0 Å². The Kier molecular flexibility index (Phi) is 4.60. The van der Waals surface area contributed by atoms with E-state index in [1.54, 1.807) is 24.1 Å². The third-order valence-corrected chi connectivity index (χ3v) is 3.50. The molecule has 1 aromatic carbocycles. The molecule has 0 aliphatic rings. The van der Waals surface area contributed by atoms with Gasteiger partial charge in [-0.1, -0.05) is 12.1 Å². The van der Waals surface area contributed by atoms with Gasteiger partial charge in [-0.15, -0.1) is 0 Å². The molecule has 0 aliphatic heterocycles. The van der Waals surface area contributed by atoms with Crippen LogP contribution in [0.1, 0.15) is 11.1 Å². The topological polar surface area (TPSA) is 62.5 Å². The van der Waals surface area contributed by atoms with E-state index in [-0.39, 0.29) is 10.6 Å². The van der Waals surface area contributed by atoms with E-state index in [2.05, 4.69) is 11.1 Å². The number of nitrogens with zero attached hydrogens (tertiary/aromatic N) is 4. The average Bonchev–Trinajstić information content (AvgIpc) is 2.46. The molecular formula is C16H20N4O2. The zero-order valence-electron chi connectivity index (χ0n) is 13.3. The standard InChI is InChI=1S/C16H20N4O2/c1-12-8-9-17-16(15(12)20(21)22)19(4)11-13-6-5-7-14(10-13)18(2)3/h5-10H,11H2,1-4H3. The Morgan fingerprint density at radius 2 is 1.95 bits per heavy atom. The molecular weight excluding hydrogens is 280 g/mol. The summed E-state index contributed by atoms with van der Waals surface area (Å²) >= 11 is 0. The van der Waals surface area contributed by atoms with Gasteiger partial charge in [-0.3, -0.25) is 10.1 Å². The highest BCUT2D eigenvalue weighted by Gasteiger charge is 2.21. The van der Waals surface area contributed by atoms with Crippen LogP contribution >= 0.6 is 0 Å². The first kappa shape index (κ1) is 15.8. The highest BCUT2D eigenvalue weighted by molar-refractivity contribution is 5.61. The molecule has 0 N–H and O–H groups in total. The SMILES string of the molecule is Cc1ccnc(N(C)Cc2cccc(N(C)C)c2)c1[N+](=O)[O-]. The zero-order valence-corrected chi connectivity index (χ0v) is 13.3. The van der Waals surface area contributed by atoms with E-state index in [0.29, 0.717) is 17.9 Å². The molecule has 0 atom stereocenters. The van der Waals surface area contributed by atoms with Gasteiger partial charge in [0, 0.05) is 45.1 Å². The summed E-state index contributed by atoms with van der Waals surface area (Å²) < 4.78 is 0. The molecule has 2 rings (SSSR count). The maximum absolute atomic E-state index is 11.3. The molecule has 0 bridgehead atoms. The predicted octanol–water partition coefficient (Wildman–Crippen LogP) is 3.00. The molecule has 0 spiro atoms. The summed E-state index contributed by atoms with van der Waals surface area (Å²) in [4.78, 5) is 18.9. The number of aromatic nitrogens is 1. The second kappa shape index (κ2) is 6.43. The van der Waals surface area contributed by atoms with Crippen LogP contribution in [0.4, 0.5) is 17.2 Å². The molecule has 1 heterocycles. The molecule has 0 fully saturated rings. The number of rotatable bonds is 5. The van der Waals surface area contributed by atoms with E-state index >= 15 is 0 Å². The van der Waals surface area contributed by atoms with Crippen molar-refractivity contribution in [3.05, 3.63) is 57.8 Å². The minimum Gasteiger partial charge on any atom is -0.378 e. The molecule has 0 aliphatic carbocycles. The number of hydrogen-bond donors (Lipinski definition) is 0. The van der Waals surface area contributed by atoms with Crippen LogP contribution in [0.25, 0.3) is 0 Å². The highest BCUT2D eigenvalue weighted by atomic mass is 16.6. The number of hydrogen-bond acceptors (Lipinski definition) is 5. The minimum atomic E-state index is -0.371. The first-order chi connectivity index (χ1) is 10.4. The van der Waals surface area contributed by atoms with E-state index in [9.17, 15) is 10.1 Å². The fraction of sp³-hybridized carbons (Fsp3) is 0.312. The van der Waals surface area contributed by atoms with Crippen molar-refractivity contribution in [3.8, 4) is 0 Å². The van der Waals surface area contributed by atoms with Crippen LogP contribution in [0, 0.1) is 17.0 Å². The summed E-state index contributed by atoms with van der Waals surface area (Å²) in [7, 11) is 5.78. The second-order valence-corrected chi connectivity index (χ2v) is 5.48. The maximum Gasteiger partial charge on any atom is 0.314 e. The quantitative estimate of drug-likeness (QED) is 0.627. The van der Waals surface area contributed by atoms with Crippen LogP contribution in [-0.4, -0.2) is 31.1 Å². The van der Waals surface area contributed by atoms with Gasteiger partial charge < -0.3 is 9.80 Å². The van der Waals surface area contributed by atoms with Gasteiger partial charge in [0.1, 0.15) is 0 Å². The molecule has 6 nitrogen and oxygen atoms in total. The monoisotopic (exact) mass is 300 g/mol. The Morgan fingerprint density at radius 3 is 2.59 bits per heavy atom. The number of pyridine rings is 1. The molecule has 0 unspecified atom stereocenters. The smallest absolute Gasteiger partial charge is 0.314 e. The van der Waals surface area contributed by atoms with Crippen LogP contribution in [0.15, 0.2) is 36.5 Å². The molecule has 116 valence electrons. The normalized spacial score (nSPS) is 10.4. The lowest BCUT2D eigenvalue weighted by Crippen LogP contribution is -2.20. The van der Waals surface area contributed by atoms with Gasteiger partial charge in [0.05, 0.1) is 4.92 Å². The van der Waals surface area contributed by atoms with Crippen molar-refractivity contribution in [2.24, 2.45) is 0 Å². The lowest BCUT2D eigenvalue weighted by molar-refractivity contribution is -0.384. The largest absolute Gasteiger partial charge is 0.378 e. The molecule has 2 aromatic rings. The van der Waals surface area contributed by atoms with Crippen molar-refractivity contribution < 1.29 is 4.92 Å². The van der Waals surface area contributed by atoms with E-state index < -0.39 is 0 Å². The zero-order chi connectivity index (χ0) is 16.3. The Morgan fingerprint density at radius 1 is 1.23 bits per heavy atom. The minimum absolute atomic E-state index is 0.0637. The molecule has 0 saturated heterocycles. The van der Waals surface area contributed by atoms with Crippen LogP contribution < -0.4 is 9.80 Å². The van der Waals surface area contributed by atoms with Crippen molar-refractivity contribution in [3.63, 3.8) is 0 Å². The lowest BCUT2D eigenvalue weighted by Gasteiger charge is -2.20. The molecule has 0 amide bonds. The fourth-order valence-corrected chi connectivity index (χ4v) is 2.32. The summed E-state index contributed by atoms with van der Waals surface area (Å²) in [5, 5.41) is 11.3. The van der Waals surface area contributed by atoms with E-state index in [1.807, 2.05) is 44.2 Å². The molecule has 22 heavy (non-hydrogen) atoms. The van der Waals surface area contributed by atoms with Gasteiger partial charge in [-0.05, 0) is 30.7 Å². The summed E-state index contributed by atoms with van der Waals surface area (Å²) in [6.45, 7) is 2.28. The van der Waals surface area contributed by atoms with Crippen molar-refractivity contribution in [1.82, 2.24) is 4.98 Å². The summed E-state index contributed by atoms with van der Waals surface area (Å²) in [6, 6.07) is 9.73. The Balaban J connectivity index is 2.30. The van der Waals surface area contributed by atoms with E-state index in [1.165, 1.54) is 0 Å². The van der Waals surface area contributed by atoms with Crippen molar-refractivity contribution in [2.75, 3.05) is 30.9 Å². The van der Waals surface area contributed by atoms with E-state index in [0.717, 1.165) is 11.3 Å². The van der Waals surface area contributed by atoms with Crippen molar-refractivity contribution >= 4 is 17.2 Å². The molecule has 6 heteroatoms. The molecule has 1 aromatic heterocycles. The Bertz CT molecular complexity index is 686. The third-order valence-electron chi connectivity index (χ3n) is 3.50. The third kappa shape index (κ3) is 3.33. The van der Waals surface area contributed by atoms with Gasteiger partial charge >= 0.3 is 5.69 Å². The van der Waals surface area contributed by atoms with Gasteiger partial charge in [-0.2, -0.15) is 0 Å². The number of anilines is 2. The number of benzene rings is 1. The number of nitro groups is 1. The van der Waals surface area contributed by atoms with Crippen molar-refractivity contribution in [2.45, 2.75) is 13.5 Å². The first-order valence-electron chi connectivity index (χ1n) is 6.97. The van der Waals surface area contributed by atoms with Gasteiger partial charge in [0.15, 0.2) is 0 Å². The highest BCUT2D eigenvalue weighted by Crippen LogP contribution is 2.29. The lowest BCUT2D eigenvalue weighted by atomic mass is 10.1. The first-order valence-corrected chi connectivity index (χ1v) is 6.97. The van der Waals surface area contributed by atoms with Crippen molar-refractivity contribution in [1.29, 1.82) is 0 Å². The van der Waals surface area contributed by atoms with Gasteiger partial charge in [0.2, 0.25) is 5.82 Å². The predicted molar refractivity (Wildman–Crippen MR) is 88.5 cm³/mol. The number of aryl methyl sites for hydroxylation is 1. The maximum atomic E-state index is 11.3. The summed E-state index contributed by atoms with van der Waals surface area (Å²) in [5.74, 6) is 0.389. The second-order valence-electron chi connectivity index (χ2n) is 5.48. The Labute approximate surface area is 130 Å². The van der Waals surface area contributed by atoms with Gasteiger partial charge in [0.25, 0.3) is 0 Å². The van der Waals surface area contributed by atoms with Crippen LogP contribution in [-0.2, 0) is 6.54 Å². The summed E-state index contributed by atoms with van der Waals surface area (Å²) in [6.07, 6.45) is 1.60.